The number of nitrogens with zero attached hydrogens (tertiary/aromatic N) is 3. The van der Waals surface area contributed by atoms with Crippen molar-refractivity contribution in [1.82, 2.24) is 25.4 Å². The fourth-order valence-electron chi connectivity index (χ4n) is 2.75. The summed E-state index contributed by atoms with van der Waals surface area (Å²) in [6.45, 7) is 0.964. The van der Waals surface area contributed by atoms with Gasteiger partial charge >= 0.3 is 0 Å². The molecule has 0 aliphatic carbocycles. The molecule has 0 atom stereocenters. The first-order chi connectivity index (χ1) is 13.3. The second-order valence-electron chi connectivity index (χ2n) is 5.98. The van der Waals surface area contributed by atoms with Crippen LogP contribution in [0.25, 0.3) is 11.3 Å². The lowest BCUT2D eigenvalue weighted by atomic mass is 10.1. The molecule has 134 valence electrons. The number of ketones is 1. The first-order valence-electron chi connectivity index (χ1n) is 8.46. The van der Waals surface area contributed by atoms with Crippen molar-refractivity contribution in [2.75, 3.05) is 0 Å². The Morgan fingerprint density at radius 1 is 1.00 bits per heavy atom. The van der Waals surface area contributed by atoms with Crippen LogP contribution in [-0.4, -0.2) is 31.2 Å². The van der Waals surface area contributed by atoms with Crippen molar-refractivity contribution in [1.29, 1.82) is 0 Å². The molecule has 0 aliphatic heterocycles. The number of rotatable bonds is 7. The maximum absolute atomic E-state index is 12.7. The van der Waals surface area contributed by atoms with Crippen LogP contribution in [-0.2, 0) is 18.0 Å². The maximum Gasteiger partial charge on any atom is 0.215 e. The molecule has 2 N–H and O–H groups in total. The van der Waals surface area contributed by atoms with Crippen molar-refractivity contribution in [3.05, 3.63) is 89.6 Å². The van der Waals surface area contributed by atoms with E-state index in [-0.39, 0.29) is 11.5 Å². The minimum atomic E-state index is -0.204. The van der Waals surface area contributed by atoms with Gasteiger partial charge < -0.3 is 9.72 Å². The molecule has 0 unspecified atom stereocenters. The maximum atomic E-state index is 12.7. The van der Waals surface area contributed by atoms with Gasteiger partial charge in [-0.1, -0.05) is 30.3 Å². The molecule has 4 aromatic rings. The van der Waals surface area contributed by atoms with E-state index < -0.39 is 0 Å². The van der Waals surface area contributed by atoms with Gasteiger partial charge in [0.2, 0.25) is 5.78 Å². The molecule has 27 heavy (non-hydrogen) atoms. The highest BCUT2D eigenvalue weighted by molar-refractivity contribution is 6.10. The van der Waals surface area contributed by atoms with E-state index in [0.29, 0.717) is 24.5 Å². The number of aromatic amines is 2. The first-order valence-corrected chi connectivity index (χ1v) is 8.46. The molecule has 0 radical (unpaired) electrons. The summed E-state index contributed by atoms with van der Waals surface area (Å²) in [7, 11) is 0. The van der Waals surface area contributed by atoms with E-state index in [4.69, 9.17) is 4.74 Å². The van der Waals surface area contributed by atoms with Crippen molar-refractivity contribution in [3.8, 4) is 11.3 Å². The standard InChI is InChI=1S/C20H17N5O2/c26-20(15-6-8-21-9-7-15)19-18(23-25-24-19)16-10-17(22-11-16)13-27-12-14-4-2-1-3-5-14/h1-11,22H,12-13H2,(H,23,24,25). The lowest BCUT2D eigenvalue weighted by Gasteiger charge is -2.02. The van der Waals surface area contributed by atoms with Gasteiger partial charge in [-0.2, -0.15) is 15.4 Å². The quantitative estimate of drug-likeness (QED) is 0.494. The van der Waals surface area contributed by atoms with E-state index in [1.54, 1.807) is 30.7 Å². The molecule has 7 nitrogen and oxygen atoms in total. The van der Waals surface area contributed by atoms with Gasteiger partial charge in [-0.15, -0.1) is 0 Å². The third-order valence-corrected chi connectivity index (χ3v) is 4.09. The van der Waals surface area contributed by atoms with Crippen LogP contribution in [0.3, 0.4) is 0 Å². The molecule has 0 bridgehead atoms. The molecule has 0 aliphatic rings. The van der Waals surface area contributed by atoms with E-state index in [2.05, 4.69) is 25.4 Å². The summed E-state index contributed by atoms with van der Waals surface area (Å²) in [6.07, 6.45) is 4.94. The van der Waals surface area contributed by atoms with Crippen molar-refractivity contribution in [2.45, 2.75) is 13.2 Å². The summed E-state index contributed by atoms with van der Waals surface area (Å²) in [4.78, 5) is 19.7. The lowest BCUT2D eigenvalue weighted by Crippen LogP contribution is -2.03. The molecular formula is C20H17N5O2. The minimum absolute atomic E-state index is 0.204. The number of aromatic nitrogens is 5. The van der Waals surface area contributed by atoms with E-state index in [1.807, 2.05) is 36.4 Å². The minimum Gasteiger partial charge on any atom is -0.371 e. The van der Waals surface area contributed by atoms with Crippen LogP contribution in [0, 0.1) is 0 Å². The number of hydrogen-bond acceptors (Lipinski definition) is 5. The Kier molecular flexibility index (Phi) is 4.84. The molecule has 7 heteroatoms. The summed E-state index contributed by atoms with van der Waals surface area (Å²) in [5.41, 5.74) is 4.08. The van der Waals surface area contributed by atoms with Crippen LogP contribution in [0.5, 0.6) is 0 Å². The van der Waals surface area contributed by atoms with Gasteiger partial charge in [0.1, 0.15) is 5.69 Å². The van der Waals surface area contributed by atoms with Gasteiger partial charge in [0, 0.05) is 35.4 Å². The summed E-state index contributed by atoms with van der Waals surface area (Å²) < 4.78 is 5.73. The second kappa shape index (κ2) is 7.76. The zero-order valence-corrected chi connectivity index (χ0v) is 14.4. The largest absolute Gasteiger partial charge is 0.371 e. The average Bonchev–Trinajstić information content (AvgIpc) is 3.38. The molecule has 0 amide bonds. The predicted octanol–water partition coefficient (Wildman–Crippen LogP) is 3.14. The number of H-pyrrole nitrogens is 2. The molecule has 3 aromatic heterocycles. The number of nitrogens with one attached hydrogen (secondary N) is 2. The Bertz CT molecular complexity index is 1020. The summed E-state index contributed by atoms with van der Waals surface area (Å²) in [6, 6.07) is 15.2. The van der Waals surface area contributed by atoms with Gasteiger partial charge in [0.05, 0.1) is 13.2 Å². The molecular weight excluding hydrogens is 342 g/mol. The number of carbonyl (C=O) groups is 1. The van der Waals surface area contributed by atoms with E-state index in [0.717, 1.165) is 16.8 Å². The van der Waals surface area contributed by atoms with E-state index >= 15 is 0 Å². The van der Waals surface area contributed by atoms with Crippen LogP contribution >= 0.6 is 0 Å². The Morgan fingerprint density at radius 2 is 1.81 bits per heavy atom. The third kappa shape index (κ3) is 3.83. The Morgan fingerprint density at radius 3 is 2.63 bits per heavy atom. The monoisotopic (exact) mass is 359 g/mol. The SMILES string of the molecule is O=C(c1ccncc1)c1n[nH]nc1-c1c[nH]c(COCc2ccccc2)c1. The predicted molar refractivity (Wildman–Crippen MR) is 98.8 cm³/mol. The molecule has 0 saturated heterocycles. The fourth-order valence-corrected chi connectivity index (χ4v) is 2.75. The highest BCUT2D eigenvalue weighted by Crippen LogP contribution is 2.23. The molecule has 3 heterocycles. The van der Waals surface area contributed by atoms with Gasteiger partial charge in [-0.05, 0) is 23.8 Å². The summed E-state index contributed by atoms with van der Waals surface area (Å²) >= 11 is 0. The third-order valence-electron chi connectivity index (χ3n) is 4.09. The van der Waals surface area contributed by atoms with Crippen LogP contribution in [0.2, 0.25) is 0 Å². The van der Waals surface area contributed by atoms with Gasteiger partial charge in [0.25, 0.3) is 0 Å². The number of ether oxygens (including phenoxy) is 1. The Hall–Kier alpha value is -3.58. The van der Waals surface area contributed by atoms with Crippen LogP contribution in [0.4, 0.5) is 0 Å². The van der Waals surface area contributed by atoms with Gasteiger partial charge in [-0.3, -0.25) is 9.78 Å². The molecule has 0 saturated carbocycles. The number of carbonyl (C=O) groups excluding carboxylic acids is 1. The van der Waals surface area contributed by atoms with E-state index in [9.17, 15) is 4.79 Å². The highest BCUT2D eigenvalue weighted by Gasteiger charge is 2.20. The van der Waals surface area contributed by atoms with Crippen LogP contribution in [0.15, 0.2) is 67.1 Å². The van der Waals surface area contributed by atoms with Crippen LogP contribution in [0.1, 0.15) is 27.3 Å². The van der Waals surface area contributed by atoms with E-state index in [1.165, 1.54) is 0 Å². The van der Waals surface area contributed by atoms with Crippen LogP contribution < -0.4 is 0 Å². The summed E-state index contributed by atoms with van der Waals surface area (Å²) in [5.74, 6) is -0.204. The average molecular weight is 359 g/mol. The van der Waals surface area contributed by atoms with Gasteiger partial charge in [0.15, 0.2) is 5.69 Å². The highest BCUT2D eigenvalue weighted by atomic mass is 16.5. The fraction of sp³-hybridized carbons (Fsp3) is 0.100. The van der Waals surface area contributed by atoms with Crippen molar-refractivity contribution < 1.29 is 9.53 Å². The second-order valence-corrected chi connectivity index (χ2v) is 5.98. The number of pyridine rings is 1. The topological polar surface area (TPSA) is 96.5 Å². The van der Waals surface area contributed by atoms with Crippen molar-refractivity contribution >= 4 is 5.78 Å². The normalized spacial score (nSPS) is 10.8. The lowest BCUT2D eigenvalue weighted by molar-refractivity contribution is 0.103. The molecule has 0 fully saturated rings. The zero-order chi connectivity index (χ0) is 18.5. The zero-order valence-electron chi connectivity index (χ0n) is 14.4. The van der Waals surface area contributed by atoms with Crippen molar-refractivity contribution in [3.63, 3.8) is 0 Å². The van der Waals surface area contributed by atoms with Crippen molar-refractivity contribution in [2.24, 2.45) is 0 Å². The first kappa shape index (κ1) is 16.9. The summed E-state index contributed by atoms with van der Waals surface area (Å²) in [5, 5.41) is 10.7. The molecule has 4 rings (SSSR count). The van der Waals surface area contributed by atoms with Gasteiger partial charge in [-0.25, -0.2) is 0 Å². The Labute approximate surface area is 155 Å². The molecule has 0 spiro atoms. The number of benzene rings is 1. The smallest absolute Gasteiger partial charge is 0.215 e. The Balaban J connectivity index is 1.46. The number of hydrogen-bond donors (Lipinski definition) is 2. The molecule has 1 aromatic carbocycles.